The summed E-state index contributed by atoms with van der Waals surface area (Å²) in [6.07, 6.45) is 0. The number of rotatable bonds is 1. The van der Waals surface area contributed by atoms with Crippen LogP contribution in [0.25, 0.3) is 21.3 Å². The zero-order valence-corrected chi connectivity index (χ0v) is 11.0. The van der Waals surface area contributed by atoms with E-state index in [1.54, 1.807) is 18.3 Å². The number of hydrogen-bond acceptors (Lipinski definition) is 3. The number of benzene rings is 1. The lowest BCUT2D eigenvalue weighted by Gasteiger charge is -2.06. The minimum Gasteiger partial charge on any atom is -0.311 e. The summed E-state index contributed by atoms with van der Waals surface area (Å²) in [5.74, 6) is 0.647. The maximum atomic E-state index is 11.8. The van der Waals surface area contributed by atoms with Gasteiger partial charge >= 0.3 is 0 Å². The largest absolute Gasteiger partial charge is 0.311 e. The van der Waals surface area contributed by atoms with Gasteiger partial charge < -0.3 is 4.98 Å². The molecule has 1 aromatic carbocycles. The SMILES string of the molecule is Cc1nc(-c2cccc3ccsc23)c(C)c(=O)[nH]1. The van der Waals surface area contributed by atoms with Crippen LogP contribution in [-0.2, 0) is 0 Å². The van der Waals surface area contributed by atoms with Gasteiger partial charge in [0.1, 0.15) is 5.82 Å². The Morgan fingerprint density at radius 2 is 2.06 bits per heavy atom. The normalized spacial score (nSPS) is 11.0. The minimum absolute atomic E-state index is 0.0638. The van der Waals surface area contributed by atoms with Crippen LogP contribution in [0.5, 0.6) is 0 Å². The van der Waals surface area contributed by atoms with E-state index in [2.05, 4.69) is 27.5 Å². The van der Waals surface area contributed by atoms with Gasteiger partial charge in [0, 0.05) is 15.8 Å². The number of aromatic amines is 1. The molecule has 0 saturated carbocycles. The molecule has 4 heteroatoms. The van der Waals surface area contributed by atoms with Crippen molar-refractivity contribution in [3.8, 4) is 11.3 Å². The van der Waals surface area contributed by atoms with Crippen molar-refractivity contribution in [2.45, 2.75) is 13.8 Å². The number of thiophene rings is 1. The van der Waals surface area contributed by atoms with Gasteiger partial charge in [0.05, 0.1) is 5.69 Å². The highest BCUT2D eigenvalue weighted by Gasteiger charge is 2.11. The van der Waals surface area contributed by atoms with Gasteiger partial charge in [-0.1, -0.05) is 18.2 Å². The van der Waals surface area contributed by atoms with Crippen LogP contribution in [0.15, 0.2) is 34.4 Å². The van der Waals surface area contributed by atoms with Crippen LogP contribution in [-0.4, -0.2) is 9.97 Å². The van der Waals surface area contributed by atoms with E-state index in [-0.39, 0.29) is 5.56 Å². The summed E-state index contributed by atoms with van der Waals surface area (Å²) < 4.78 is 1.18. The van der Waals surface area contributed by atoms with Gasteiger partial charge in [-0.2, -0.15) is 0 Å². The molecule has 2 heterocycles. The molecule has 0 bridgehead atoms. The Morgan fingerprint density at radius 3 is 2.89 bits per heavy atom. The number of hydrogen-bond donors (Lipinski definition) is 1. The third kappa shape index (κ3) is 1.66. The molecule has 3 aromatic rings. The van der Waals surface area contributed by atoms with Crippen LogP contribution < -0.4 is 5.56 Å². The summed E-state index contributed by atoms with van der Waals surface area (Å²) in [6.45, 7) is 3.62. The predicted molar refractivity (Wildman–Crippen MR) is 75.2 cm³/mol. The van der Waals surface area contributed by atoms with Crippen molar-refractivity contribution in [3.63, 3.8) is 0 Å². The second-order valence-electron chi connectivity index (χ2n) is 4.27. The highest BCUT2D eigenvalue weighted by atomic mass is 32.1. The van der Waals surface area contributed by atoms with Crippen LogP contribution in [0.3, 0.4) is 0 Å². The van der Waals surface area contributed by atoms with E-state index < -0.39 is 0 Å². The number of H-pyrrole nitrogens is 1. The van der Waals surface area contributed by atoms with E-state index in [4.69, 9.17) is 0 Å². The quantitative estimate of drug-likeness (QED) is 0.726. The first-order chi connectivity index (χ1) is 8.66. The van der Waals surface area contributed by atoms with Crippen molar-refractivity contribution in [3.05, 3.63) is 51.4 Å². The molecule has 18 heavy (non-hydrogen) atoms. The average Bonchev–Trinajstić information content (AvgIpc) is 2.81. The standard InChI is InChI=1S/C14H12N2OS/c1-8-12(15-9(2)16-14(8)17)11-5-3-4-10-6-7-18-13(10)11/h3-7H,1-2H3,(H,15,16,17). The summed E-state index contributed by atoms with van der Waals surface area (Å²) in [4.78, 5) is 19.0. The van der Waals surface area contributed by atoms with Gasteiger partial charge in [0.15, 0.2) is 0 Å². The van der Waals surface area contributed by atoms with Crippen LogP contribution in [0.1, 0.15) is 11.4 Å². The molecular weight excluding hydrogens is 244 g/mol. The lowest BCUT2D eigenvalue weighted by atomic mass is 10.1. The van der Waals surface area contributed by atoms with Crippen molar-refractivity contribution in [2.75, 3.05) is 0 Å². The minimum atomic E-state index is -0.0638. The van der Waals surface area contributed by atoms with Crippen molar-refractivity contribution < 1.29 is 0 Å². The van der Waals surface area contributed by atoms with Gasteiger partial charge in [-0.25, -0.2) is 4.98 Å². The smallest absolute Gasteiger partial charge is 0.254 e. The van der Waals surface area contributed by atoms with Crippen molar-refractivity contribution >= 4 is 21.4 Å². The Bertz CT molecular complexity index is 786. The molecule has 0 atom stereocenters. The maximum Gasteiger partial charge on any atom is 0.254 e. The molecule has 0 saturated heterocycles. The number of aromatic nitrogens is 2. The van der Waals surface area contributed by atoms with Crippen molar-refractivity contribution in [2.24, 2.45) is 0 Å². The molecule has 0 radical (unpaired) electrons. The van der Waals surface area contributed by atoms with Gasteiger partial charge in [0.2, 0.25) is 0 Å². The lowest BCUT2D eigenvalue weighted by molar-refractivity contribution is 1.00. The second-order valence-corrected chi connectivity index (χ2v) is 5.19. The van der Waals surface area contributed by atoms with Crippen LogP contribution in [0.2, 0.25) is 0 Å². The number of aryl methyl sites for hydroxylation is 1. The van der Waals surface area contributed by atoms with Gasteiger partial charge in [-0.15, -0.1) is 11.3 Å². The molecule has 0 unspecified atom stereocenters. The molecule has 2 aromatic heterocycles. The number of nitrogens with one attached hydrogen (secondary N) is 1. The Hall–Kier alpha value is -1.94. The molecule has 0 aliphatic heterocycles. The highest BCUT2D eigenvalue weighted by molar-refractivity contribution is 7.17. The zero-order valence-electron chi connectivity index (χ0n) is 10.2. The van der Waals surface area contributed by atoms with E-state index in [1.807, 2.05) is 19.1 Å². The predicted octanol–water partition coefficient (Wildman–Crippen LogP) is 3.27. The second kappa shape index (κ2) is 4.07. The van der Waals surface area contributed by atoms with Gasteiger partial charge in [-0.05, 0) is 30.7 Å². The zero-order chi connectivity index (χ0) is 12.7. The Morgan fingerprint density at radius 1 is 1.22 bits per heavy atom. The first-order valence-electron chi connectivity index (χ1n) is 5.71. The molecule has 3 rings (SSSR count). The molecular formula is C14H12N2OS. The van der Waals surface area contributed by atoms with Crippen molar-refractivity contribution in [1.29, 1.82) is 0 Å². The fraction of sp³-hybridized carbons (Fsp3) is 0.143. The van der Waals surface area contributed by atoms with E-state index in [1.165, 1.54) is 10.1 Å². The van der Waals surface area contributed by atoms with Crippen LogP contribution >= 0.6 is 11.3 Å². The van der Waals surface area contributed by atoms with E-state index in [0.29, 0.717) is 11.4 Å². The molecule has 0 spiro atoms. The fourth-order valence-corrected chi connectivity index (χ4v) is 3.00. The summed E-state index contributed by atoms with van der Waals surface area (Å²) in [6, 6.07) is 8.18. The van der Waals surface area contributed by atoms with Gasteiger partial charge in [0.25, 0.3) is 5.56 Å². The fourth-order valence-electron chi connectivity index (χ4n) is 2.09. The molecule has 0 aliphatic carbocycles. The Kier molecular flexibility index (Phi) is 2.52. The maximum absolute atomic E-state index is 11.8. The monoisotopic (exact) mass is 256 g/mol. The lowest BCUT2D eigenvalue weighted by Crippen LogP contribution is -2.14. The molecule has 0 aliphatic rings. The summed E-state index contributed by atoms with van der Waals surface area (Å²) in [5.41, 5.74) is 2.42. The third-order valence-corrected chi connectivity index (χ3v) is 3.97. The topological polar surface area (TPSA) is 45.8 Å². The van der Waals surface area contributed by atoms with E-state index in [9.17, 15) is 4.79 Å². The first kappa shape index (κ1) is 11.2. The molecule has 3 nitrogen and oxygen atoms in total. The first-order valence-corrected chi connectivity index (χ1v) is 6.59. The summed E-state index contributed by atoms with van der Waals surface area (Å²) in [7, 11) is 0. The number of nitrogens with zero attached hydrogens (tertiary/aromatic N) is 1. The van der Waals surface area contributed by atoms with E-state index in [0.717, 1.165) is 11.3 Å². The molecule has 1 N–H and O–H groups in total. The van der Waals surface area contributed by atoms with Crippen LogP contribution in [0.4, 0.5) is 0 Å². The molecule has 90 valence electrons. The highest BCUT2D eigenvalue weighted by Crippen LogP contribution is 2.32. The van der Waals surface area contributed by atoms with Crippen molar-refractivity contribution in [1.82, 2.24) is 9.97 Å². The summed E-state index contributed by atoms with van der Waals surface area (Å²) >= 11 is 1.68. The van der Waals surface area contributed by atoms with E-state index >= 15 is 0 Å². The average molecular weight is 256 g/mol. The Labute approximate surface area is 108 Å². The summed E-state index contributed by atoms with van der Waals surface area (Å²) in [5, 5.41) is 3.25. The Balaban J connectivity index is 2.39. The van der Waals surface area contributed by atoms with Crippen LogP contribution in [0, 0.1) is 13.8 Å². The number of fused-ring (bicyclic) bond motifs is 1. The third-order valence-electron chi connectivity index (χ3n) is 3.00. The molecule has 0 fully saturated rings. The van der Waals surface area contributed by atoms with Gasteiger partial charge in [-0.3, -0.25) is 4.79 Å². The molecule has 0 amide bonds.